The molecule has 0 aromatic heterocycles. The van der Waals surface area contributed by atoms with Crippen LogP contribution in [0.15, 0.2) is 54.6 Å². The Labute approximate surface area is 190 Å². The molecule has 0 saturated carbocycles. The SMILES string of the molecule is CC(C)(C)OC(=O)NCc1ccc(OC2CC(S(C)(=O)=O)CN(c3ccccc3)C2)cc1. The van der Waals surface area contributed by atoms with Gasteiger partial charge >= 0.3 is 6.09 Å². The highest BCUT2D eigenvalue weighted by Gasteiger charge is 2.34. The molecule has 0 radical (unpaired) electrons. The molecular formula is C24H32N2O5S. The Kier molecular flexibility index (Phi) is 7.33. The Morgan fingerprint density at radius 1 is 1.06 bits per heavy atom. The van der Waals surface area contributed by atoms with Crippen LogP contribution in [0.25, 0.3) is 0 Å². The summed E-state index contributed by atoms with van der Waals surface area (Å²) in [5.74, 6) is 0.665. The molecule has 0 spiro atoms. The minimum atomic E-state index is -3.20. The summed E-state index contributed by atoms with van der Waals surface area (Å²) in [6, 6.07) is 17.2. The normalized spacial score (nSPS) is 19.3. The van der Waals surface area contributed by atoms with Gasteiger partial charge in [0, 0.05) is 31.5 Å². The van der Waals surface area contributed by atoms with Gasteiger partial charge in [0.2, 0.25) is 0 Å². The van der Waals surface area contributed by atoms with Crippen molar-refractivity contribution in [3.63, 3.8) is 0 Å². The van der Waals surface area contributed by atoms with E-state index in [1.165, 1.54) is 6.26 Å². The van der Waals surface area contributed by atoms with Crippen molar-refractivity contribution < 1.29 is 22.7 Å². The van der Waals surface area contributed by atoms with Crippen LogP contribution in [0.4, 0.5) is 10.5 Å². The van der Waals surface area contributed by atoms with Crippen molar-refractivity contribution in [2.75, 3.05) is 24.2 Å². The van der Waals surface area contributed by atoms with E-state index in [9.17, 15) is 13.2 Å². The molecule has 1 amide bonds. The summed E-state index contributed by atoms with van der Waals surface area (Å²) in [7, 11) is -3.20. The fourth-order valence-corrected chi connectivity index (χ4v) is 4.64. The number of para-hydroxylation sites is 1. The smallest absolute Gasteiger partial charge is 0.407 e. The topological polar surface area (TPSA) is 84.9 Å². The largest absolute Gasteiger partial charge is 0.489 e. The van der Waals surface area contributed by atoms with Gasteiger partial charge in [-0.2, -0.15) is 0 Å². The number of hydrogen-bond acceptors (Lipinski definition) is 6. The van der Waals surface area contributed by atoms with Crippen LogP contribution < -0.4 is 15.0 Å². The summed E-state index contributed by atoms with van der Waals surface area (Å²) in [5, 5.41) is 2.24. The molecule has 2 unspecified atom stereocenters. The summed E-state index contributed by atoms with van der Waals surface area (Å²) >= 11 is 0. The molecule has 1 heterocycles. The first kappa shape index (κ1) is 23.9. The molecule has 0 bridgehead atoms. The van der Waals surface area contributed by atoms with Gasteiger partial charge in [0.1, 0.15) is 17.5 Å². The van der Waals surface area contributed by atoms with Crippen LogP contribution in [0.5, 0.6) is 5.75 Å². The Balaban J connectivity index is 1.63. The Hall–Kier alpha value is -2.74. The van der Waals surface area contributed by atoms with Crippen molar-refractivity contribution in [3.05, 3.63) is 60.2 Å². The number of benzene rings is 2. The minimum absolute atomic E-state index is 0.255. The molecule has 1 saturated heterocycles. The van der Waals surface area contributed by atoms with E-state index in [0.29, 0.717) is 31.8 Å². The predicted molar refractivity (Wildman–Crippen MR) is 126 cm³/mol. The molecule has 7 nitrogen and oxygen atoms in total. The first-order valence-electron chi connectivity index (χ1n) is 10.7. The van der Waals surface area contributed by atoms with Gasteiger partial charge in [-0.1, -0.05) is 30.3 Å². The summed E-state index contributed by atoms with van der Waals surface area (Å²) < 4.78 is 36.0. The molecule has 0 aliphatic carbocycles. The van der Waals surface area contributed by atoms with Gasteiger partial charge in [-0.15, -0.1) is 0 Å². The number of nitrogens with zero attached hydrogens (tertiary/aromatic N) is 1. The number of amides is 1. The van der Waals surface area contributed by atoms with Crippen molar-refractivity contribution in [2.24, 2.45) is 0 Å². The molecule has 32 heavy (non-hydrogen) atoms. The second-order valence-electron chi connectivity index (χ2n) is 9.17. The second-order valence-corrected chi connectivity index (χ2v) is 11.5. The van der Waals surface area contributed by atoms with Crippen molar-refractivity contribution in [2.45, 2.75) is 50.7 Å². The Morgan fingerprint density at radius 2 is 1.72 bits per heavy atom. The van der Waals surface area contributed by atoms with Crippen molar-refractivity contribution >= 4 is 21.6 Å². The number of ether oxygens (including phenoxy) is 2. The standard InChI is InChI=1S/C24H32N2O5S/c1-24(2,3)31-23(27)25-15-18-10-12-20(13-11-18)30-21-14-22(32(4,28)29)17-26(16-21)19-8-6-5-7-9-19/h5-13,21-22H,14-17H2,1-4H3,(H,25,27). The lowest BCUT2D eigenvalue weighted by Gasteiger charge is -2.38. The summed E-state index contributed by atoms with van der Waals surface area (Å²) in [6.45, 7) is 6.86. The number of anilines is 1. The second kappa shape index (κ2) is 9.81. The summed E-state index contributed by atoms with van der Waals surface area (Å²) in [4.78, 5) is 13.9. The van der Waals surface area contributed by atoms with Gasteiger partial charge in [-0.25, -0.2) is 13.2 Å². The summed E-state index contributed by atoms with van der Waals surface area (Å²) in [6.07, 6.45) is 1.02. The van der Waals surface area contributed by atoms with Gasteiger partial charge in [-0.3, -0.25) is 0 Å². The number of sulfone groups is 1. The van der Waals surface area contributed by atoms with E-state index < -0.39 is 26.8 Å². The molecule has 2 atom stereocenters. The molecular weight excluding hydrogens is 428 g/mol. The zero-order chi connectivity index (χ0) is 23.4. The summed E-state index contributed by atoms with van der Waals surface area (Å²) in [5.41, 5.74) is 1.35. The maximum absolute atomic E-state index is 12.3. The first-order valence-corrected chi connectivity index (χ1v) is 12.7. The van der Waals surface area contributed by atoms with Crippen LogP contribution in [0.3, 0.4) is 0 Å². The Morgan fingerprint density at radius 3 is 2.31 bits per heavy atom. The van der Waals surface area contributed by atoms with Crippen LogP contribution >= 0.6 is 0 Å². The third kappa shape index (κ3) is 7.15. The van der Waals surface area contributed by atoms with Gasteiger partial charge < -0.3 is 19.7 Å². The lowest BCUT2D eigenvalue weighted by Crippen LogP contribution is -2.50. The van der Waals surface area contributed by atoms with Gasteiger partial charge in [0.25, 0.3) is 0 Å². The van der Waals surface area contributed by atoms with Crippen LogP contribution in [0, 0.1) is 0 Å². The number of carbonyl (C=O) groups excluding carboxylic acids is 1. The number of hydrogen-bond donors (Lipinski definition) is 1. The highest BCUT2D eigenvalue weighted by Crippen LogP contribution is 2.26. The third-order valence-electron chi connectivity index (χ3n) is 5.16. The lowest BCUT2D eigenvalue weighted by atomic mass is 10.1. The van der Waals surface area contributed by atoms with E-state index in [4.69, 9.17) is 9.47 Å². The minimum Gasteiger partial charge on any atom is -0.489 e. The predicted octanol–water partition coefficient (Wildman–Crippen LogP) is 3.78. The fraction of sp³-hybridized carbons (Fsp3) is 0.458. The van der Waals surface area contributed by atoms with Crippen LogP contribution in [0.2, 0.25) is 0 Å². The maximum Gasteiger partial charge on any atom is 0.407 e. The lowest BCUT2D eigenvalue weighted by molar-refractivity contribution is 0.0523. The number of piperidine rings is 1. The molecule has 1 aliphatic rings. The van der Waals surface area contributed by atoms with Crippen LogP contribution in [-0.4, -0.2) is 50.8 Å². The highest BCUT2D eigenvalue weighted by atomic mass is 32.2. The monoisotopic (exact) mass is 460 g/mol. The van der Waals surface area contributed by atoms with Gasteiger partial charge in [0.15, 0.2) is 9.84 Å². The van der Waals surface area contributed by atoms with E-state index >= 15 is 0 Å². The molecule has 1 aliphatic heterocycles. The number of alkyl carbamates (subject to hydrolysis) is 1. The van der Waals surface area contributed by atoms with E-state index in [0.717, 1.165) is 11.3 Å². The molecule has 1 N–H and O–H groups in total. The molecule has 2 aromatic carbocycles. The zero-order valence-electron chi connectivity index (χ0n) is 19.1. The average molecular weight is 461 g/mol. The Bertz CT molecular complexity index is 1000. The van der Waals surface area contributed by atoms with E-state index in [-0.39, 0.29) is 6.10 Å². The number of carbonyl (C=O) groups is 1. The van der Waals surface area contributed by atoms with Gasteiger partial charge in [-0.05, 0) is 50.6 Å². The van der Waals surface area contributed by atoms with Crippen molar-refractivity contribution in [3.8, 4) is 5.75 Å². The quantitative estimate of drug-likeness (QED) is 0.706. The highest BCUT2D eigenvalue weighted by molar-refractivity contribution is 7.91. The molecule has 3 rings (SSSR count). The van der Waals surface area contributed by atoms with E-state index in [2.05, 4.69) is 10.2 Å². The fourth-order valence-electron chi connectivity index (χ4n) is 3.62. The third-order valence-corrected chi connectivity index (χ3v) is 6.72. The molecule has 1 fully saturated rings. The zero-order valence-corrected chi connectivity index (χ0v) is 19.9. The molecule has 2 aromatic rings. The van der Waals surface area contributed by atoms with Crippen LogP contribution in [0.1, 0.15) is 32.8 Å². The van der Waals surface area contributed by atoms with Crippen molar-refractivity contribution in [1.29, 1.82) is 0 Å². The van der Waals surface area contributed by atoms with Crippen molar-refractivity contribution in [1.82, 2.24) is 5.32 Å². The maximum atomic E-state index is 12.3. The number of nitrogens with one attached hydrogen (secondary N) is 1. The number of rotatable bonds is 6. The molecule has 8 heteroatoms. The van der Waals surface area contributed by atoms with Crippen LogP contribution in [-0.2, 0) is 21.1 Å². The average Bonchev–Trinajstić information content (AvgIpc) is 2.72. The van der Waals surface area contributed by atoms with E-state index in [1.807, 2.05) is 75.4 Å². The van der Waals surface area contributed by atoms with E-state index in [1.54, 1.807) is 0 Å². The molecule has 174 valence electrons. The van der Waals surface area contributed by atoms with Gasteiger partial charge in [0.05, 0.1) is 11.8 Å². The first-order chi connectivity index (χ1) is 15.0.